The Kier molecular flexibility index (Phi) is 6.53. The van der Waals surface area contributed by atoms with Crippen LogP contribution in [-0.4, -0.2) is 13.1 Å². The zero-order chi connectivity index (χ0) is 11.1. The zero-order valence-electron chi connectivity index (χ0n) is 9.55. The van der Waals surface area contributed by atoms with Crippen molar-refractivity contribution in [1.82, 2.24) is 5.32 Å². The van der Waals surface area contributed by atoms with E-state index in [4.69, 9.17) is 0 Å². The molecule has 1 atom stereocenters. The van der Waals surface area contributed by atoms with Gasteiger partial charge in [0.15, 0.2) is 0 Å². The molecule has 0 radical (unpaired) electrons. The summed E-state index contributed by atoms with van der Waals surface area (Å²) in [5, 5.41) is 3.38. The van der Waals surface area contributed by atoms with E-state index in [-0.39, 0.29) is 0 Å². The maximum absolute atomic E-state index is 3.50. The Morgan fingerprint density at radius 3 is 2.80 bits per heavy atom. The van der Waals surface area contributed by atoms with Gasteiger partial charge in [-0.25, -0.2) is 0 Å². The molecule has 0 aromatic carbocycles. The van der Waals surface area contributed by atoms with Gasteiger partial charge in [-0.1, -0.05) is 13.8 Å². The monoisotopic (exact) mass is 289 g/mol. The highest BCUT2D eigenvalue weighted by molar-refractivity contribution is 9.11. The summed E-state index contributed by atoms with van der Waals surface area (Å²) in [5.41, 5.74) is 0. The molecule has 86 valence electrons. The third-order valence-electron chi connectivity index (χ3n) is 2.58. The zero-order valence-corrected chi connectivity index (χ0v) is 12.0. The van der Waals surface area contributed by atoms with Gasteiger partial charge in [-0.15, -0.1) is 11.3 Å². The van der Waals surface area contributed by atoms with Gasteiger partial charge in [0.25, 0.3) is 0 Å². The van der Waals surface area contributed by atoms with E-state index in [2.05, 4.69) is 47.2 Å². The molecular weight excluding hydrogens is 270 g/mol. The molecule has 15 heavy (non-hydrogen) atoms. The maximum Gasteiger partial charge on any atom is 0.0701 e. The van der Waals surface area contributed by atoms with Crippen molar-refractivity contribution in [2.24, 2.45) is 5.92 Å². The molecule has 1 aromatic rings. The summed E-state index contributed by atoms with van der Waals surface area (Å²) in [6, 6.07) is 4.37. The number of aryl methyl sites for hydroxylation is 1. The SMILES string of the molecule is CCNCCC(C)CCc1ccc(Br)s1. The van der Waals surface area contributed by atoms with Crippen LogP contribution >= 0.6 is 27.3 Å². The van der Waals surface area contributed by atoms with Crippen LogP contribution in [0.1, 0.15) is 31.6 Å². The molecule has 0 aliphatic heterocycles. The van der Waals surface area contributed by atoms with Gasteiger partial charge < -0.3 is 5.32 Å². The highest BCUT2D eigenvalue weighted by Crippen LogP contribution is 2.24. The van der Waals surface area contributed by atoms with Crippen molar-refractivity contribution < 1.29 is 0 Å². The standard InChI is InChI=1S/C12H20BrNS/c1-3-14-9-8-10(2)4-5-11-6-7-12(13)15-11/h6-7,10,14H,3-5,8-9H2,1-2H3. The molecule has 1 rings (SSSR count). The smallest absolute Gasteiger partial charge is 0.0701 e. The van der Waals surface area contributed by atoms with Crippen molar-refractivity contribution >= 4 is 27.3 Å². The van der Waals surface area contributed by atoms with Crippen LogP contribution in [0.5, 0.6) is 0 Å². The molecule has 0 saturated heterocycles. The molecule has 0 fully saturated rings. The minimum Gasteiger partial charge on any atom is -0.317 e. The molecule has 0 bridgehead atoms. The normalized spacial score (nSPS) is 13.0. The molecule has 1 N–H and O–H groups in total. The van der Waals surface area contributed by atoms with Gasteiger partial charge in [-0.05, 0) is 66.3 Å². The van der Waals surface area contributed by atoms with Crippen molar-refractivity contribution in [1.29, 1.82) is 0 Å². The van der Waals surface area contributed by atoms with Gasteiger partial charge in [0.05, 0.1) is 3.79 Å². The van der Waals surface area contributed by atoms with E-state index >= 15 is 0 Å². The first-order chi connectivity index (χ1) is 7.22. The van der Waals surface area contributed by atoms with Crippen molar-refractivity contribution in [3.8, 4) is 0 Å². The van der Waals surface area contributed by atoms with Crippen molar-refractivity contribution in [2.75, 3.05) is 13.1 Å². The molecule has 1 unspecified atom stereocenters. The maximum atomic E-state index is 3.50. The molecule has 0 amide bonds. The largest absolute Gasteiger partial charge is 0.317 e. The molecule has 1 nitrogen and oxygen atoms in total. The summed E-state index contributed by atoms with van der Waals surface area (Å²) < 4.78 is 1.25. The lowest BCUT2D eigenvalue weighted by molar-refractivity contribution is 0.475. The number of halogens is 1. The van der Waals surface area contributed by atoms with Crippen LogP contribution in [0.4, 0.5) is 0 Å². The van der Waals surface area contributed by atoms with E-state index in [1.54, 1.807) is 0 Å². The summed E-state index contributed by atoms with van der Waals surface area (Å²) >= 11 is 5.36. The van der Waals surface area contributed by atoms with Crippen LogP contribution in [0.25, 0.3) is 0 Å². The predicted octanol–water partition coefficient (Wildman–Crippen LogP) is 4.08. The highest BCUT2D eigenvalue weighted by Gasteiger charge is 2.03. The Morgan fingerprint density at radius 1 is 1.40 bits per heavy atom. The first-order valence-corrected chi connectivity index (χ1v) is 7.28. The van der Waals surface area contributed by atoms with E-state index in [1.807, 2.05) is 11.3 Å². The van der Waals surface area contributed by atoms with Crippen LogP contribution in [0.15, 0.2) is 15.9 Å². The Balaban J connectivity index is 2.13. The first-order valence-electron chi connectivity index (χ1n) is 5.67. The fourth-order valence-corrected chi connectivity index (χ4v) is 3.04. The Labute approximate surface area is 105 Å². The van der Waals surface area contributed by atoms with Gasteiger partial charge in [0.2, 0.25) is 0 Å². The summed E-state index contributed by atoms with van der Waals surface area (Å²) in [6.07, 6.45) is 3.82. The topological polar surface area (TPSA) is 12.0 Å². The fraction of sp³-hybridized carbons (Fsp3) is 0.667. The molecular formula is C12H20BrNS. The minimum absolute atomic E-state index is 0.824. The van der Waals surface area contributed by atoms with Crippen LogP contribution in [-0.2, 0) is 6.42 Å². The third-order valence-corrected chi connectivity index (χ3v) is 4.26. The molecule has 1 aromatic heterocycles. The van der Waals surface area contributed by atoms with Gasteiger partial charge >= 0.3 is 0 Å². The van der Waals surface area contributed by atoms with Crippen LogP contribution < -0.4 is 5.32 Å². The van der Waals surface area contributed by atoms with Crippen molar-refractivity contribution in [3.05, 3.63) is 20.8 Å². The molecule has 0 spiro atoms. The number of rotatable bonds is 7. The quantitative estimate of drug-likeness (QED) is 0.746. The Bertz CT molecular complexity index is 272. The van der Waals surface area contributed by atoms with E-state index in [9.17, 15) is 0 Å². The van der Waals surface area contributed by atoms with E-state index < -0.39 is 0 Å². The molecule has 0 aliphatic rings. The average molecular weight is 290 g/mol. The van der Waals surface area contributed by atoms with Crippen LogP contribution in [0.2, 0.25) is 0 Å². The highest BCUT2D eigenvalue weighted by atomic mass is 79.9. The lowest BCUT2D eigenvalue weighted by atomic mass is 10.0. The second-order valence-electron chi connectivity index (χ2n) is 3.99. The van der Waals surface area contributed by atoms with Gasteiger partial charge in [-0.2, -0.15) is 0 Å². The molecule has 0 saturated carbocycles. The summed E-state index contributed by atoms with van der Waals surface area (Å²) in [5.74, 6) is 0.824. The minimum atomic E-state index is 0.824. The van der Waals surface area contributed by atoms with E-state index in [0.717, 1.165) is 19.0 Å². The second-order valence-corrected chi connectivity index (χ2v) is 6.54. The summed E-state index contributed by atoms with van der Waals surface area (Å²) in [7, 11) is 0. The lowest BCUT2D eigenvalue weighted by Crippen LogP contribution is -2.16. The Hall–Kier alpha value is 0.140. The van der Waals surface area contributed by atoms with Gasteiger partial charge in [0, 0.05) is 4.88 Å². The number of hydrogen-bond donors (Lipinski definition) is 1. The average Bonchev–Trinajstić information content (AvgIpc) is 2.62. The first kappa shape index (κ1) is 13.2. The fourth-order valence-electron chi connectivity index (χ4n) is 1.54. The summed E-state index contributed by atoms with van der Waals surface area (Å²) in [6.45, 7) is 6.75. The van der Waals surface area contributed by atoms with E-state index in [1.165, 1.54) is 27.9 Å². The van der Waals surface area contributed by atoms with E-state index in [0.29, 0.717) is 0 Å². The van der Waals surface area contributed by atoms with Gasteiger partial charge in [0.1, 0.15) is 0 Å². The summed E-state index contributed by atoms with van der Waals surface area (Å²) in [4.78, 5) is 1.50. The second kappa shape index (κ2) is 7.42. The van der Waals surface area contributed by atoms with Crippen molar-refractivity contribution in [3.63, 3.8) is 0 Å². The molecule has 0 aliphatic carbocycles. The number of nitrogens with one attached hydrogen (secondary N) is 1. The number of thiophene rings is 1. The lowest BCUT2D eigenvalue weighted by Gasteiger charge is -2.10. The predicted molar refractivity (Wildman–Crippen MR) is 72.7 cm³/mol. The Morgan fingerprint density at radius 2 is 2.20 bits per heavy atom. The van der Waals surface area contributed by atoms with Crippen molar-refractivity contribution in [2.45, 2.75) is 33.1 Å². The van der Waals surface area contributed by atoms with Gasteiger partial charge in [-0.3, -0.25) is 0 Å². The molecule has 1 heterocycles. The van der Waals surface area contributed by atoms with Crippen LogP contribution in [0, 0.1) is 5.92 Å². The third kappa shape index (κ3) is 5.69. The molecule has 3 heteroatoms. The van der Waals surface area contributed by atoms with Crippen LogP contribution in [0.3, 0.4) is 0 Å². The number of hydrogen-bond acceptors (Lipinski definition) is 2.